The van der Waals surface area contributed by atoms with Crippen LogP contribution in [-0.2, 0) is 10.8 Å². The minimum Gasteiger partial charge on any atom is -0.0837 e. The van der Waals surface area contributed by atoms with E-state index in [0.717, 1.165) is 66.8 Å². The molecule has 0 unspecified atom stereocenters. The van der Waals surface area contributed by atoms with Crippen molar-refractivity contribution >= 4 is 23.2 Å². The molecule has 0 spiro atoms. The molecule has 7 aromatic rings. The van der Waals surface area contributed by atoms with Crippen molar-refractivity contribution in [2.75, 3.05) is 0 Å². The van der Waals surface area contributed by atoms with E-state index in [-0.39, 0.29) is 10.8 Å². The van der Waals surface area contributed by atoms with Crippen molar-refractivity contribution in [1.82, 2.24) is 0 Å². The Kier molecular flexibility index (Phi) is 11.1. The Morgan fingerprint density at radius 2 is 0.625 bits per heavy atom. The molecule has 7 rings (SSSR count). The highest BCUT2D eigenvalue weighted by atomic mass is 35.5. The first-order valence-corrected chi connectivity index (χ1v) is 19.7. The maximum absolute atomic E-state index is 7.04. The topological polar surface area (TPSA) is 0 Å². The highest BCUT2D eigenvalue weighted by molar-refractivity contribution is 6.34. The lowest BCUT2D eigenvalue weighted by atomic mass is 9.83. The van der Waals surface area contributed by atoms with Crippen LogP contribution in [0.15, 0.2) is 158 Å². The van der Waals surface area contributed by atoms with Gasteiger partial charge in [0.2, 0.25) is 0 Å². The van der Waals surface area contributed by atoms with E-state index in [1.165, 1.54) is 11.1 Å². The zero-order chi connectivity index (χ0) is 39.5. The van der Waals surface area contributed by atoms with Crippen LogP contribution in [0.2, 0.25) is 10.0 Å². The van der Waals surface area contributed by atoms with Gasteiger partial charge in [-0.15, -0.1) is 0 Å². The van der Waals surface area contributed by atoms with Crippen LogP contribution in [-0.4, -0.2) is 0 Å². The summed E-state index contributed by atoms with van der Waals surface area (Å²) in [6.07, 6.45) is 0. The van der Waals surface area contributed by atoms with Gasteiger partial charge in [-0.05, 0) is 116 Å². The van der Waals surface area contributed by atoms with Crippen molar-refractivity contribution in [2.24, 2.45) is 0 Å². The second-order valence-corrected chi connectivity index (χ2v) is 17.0. The SMILES string of the molecule is CC(C)(C)c1ccc(C#Cc2ccccc2-c2cc(-c3ccccc3Cl)c(-c3ccccc3C#Cc3ccc(C(C)(C)C)cc3)cc2-c2ccccc2Cl)cc1. The lowest BCUT2D eigenvalue weighted by molar-refractivity contribution is 0.590. The van der Waals surface area contributed by atoms with Crippen molar-refractivity contribution in [1.29, 1.82) is 0 Å². The van der Waals surface area contributed by atoms with Crippen LogP contribution >= 0.6 is 23.2 Å². The Balaban J connectivity index is 1.45. The maximum atomic E-state index is 7.04. The predicted octanol–water partition coefficient (Wildman–Crippen LogP) is 15.1. The minimum atomic E-state index is 0.0741. The van der Waals surface area contributed by atoms with Crippen LogP contribution in [0.25, 0.3) is 44.5 Å². The van der Waals surface area contributed by atoms with Crippen molar-refractivity contribution in [2.45, 2.75) is 52.4 Å². The Labute approximate surface area is 343 Å². The Bertz CT molecular complexity index is 2470. The molecule has 0 aliphatic rings. The molecule has 0 aliphatic heterocycles. The summed E-state index contributed by atoms with van der Waals surface area (Å²) in [4.78, 5) is 0. The first-order valence-electron chi connectivity index (χ1n) is 19.0. The molecule has 0 aliphatic carbocycles. The molecule has 0 saturated heterocycles. The quantitative estimate of drug-likeness (QED) is 0.157. The van der Waals surface area contributed by atoms with Gasteiger partial charge >= 0.3 is 0 Å². The van der Waals surface area contributed by atoms with Gasteiger partial charge in [0.15, 0.2) is 0 Å². The van der Waals surface area contributed by atoms with Crippen LogP contribution in [0.5, 0.6) is 0 Å². The van der Waals surface area contributed by atoms with Gasteiger partial charge in [0.05, 0.1) is 0 Å². The van der Waals surface area contributed by atoms with Crippen molar-refractivity contribution < 1.29 is 0 Å². The fourth-order valence-corrected chi connectivity index (χ4v) is 7.37. The van der Waals surface area contributed by atoms with Gasteiger partial charge < -0.3 is 0 Å². The summed E-state index contributed by atoms with van der Waals surface area (Å²) in [5.41, 5.74) is 14.3. The summed E-state index contributed by atoms with van der Waals surface area (Å²) in [5.74, 6) is 13.9. The summed E-state index contributed by atoms with van der Waals surface area (Å²) in [6, 6.07) is 54.3. The van der Waals surface area contributed by atoms with E-state index in [1.54, 1.807) is 0 Å². The molecule has 0 N–H and O–H groups in total. The molecule has 56 heavy (non-hydrogen) atoms. The average molecular weight is 764 g/mol. The van der Waals surface area contributed by atoms with E-state index < -0.39 is 0 Å². The average Bonchev–Trinajstić information content (AvgIpc) is 3.19. The fourth-order valence-electron chi connectivity index (χ4n) is 6.89. The summed E-state index contributed by atoms with van der Waals surface area (Å²) >= 11 is 14.1. The smallest absolute Gasteiger partial charge is 0.0484 e. The molecule has 0 bridgehead atoms. The van der Waals surface area contributed by atoms with Crippen molar-refractivity contribution in [3.8, 4) is 68.2 Å². The summed E-state index contributed by atoms with van der Waals surface area (Å²) in [6.45, 7) is 13.3. The second kappa shape index (κ2) is 16.1. The van der Waals surface area contributed by atoms with Crippen LogP contribution < -0.4 is 0 Å². The van der Waals surface area contributed by atoms with Crippen LogP contribution in [0, 0.1) is 23.7 Å². The Hall–Kier alpha value is -5.76. The van der Waals surface area contributed by atoms with Crippen molar-refractivity contribution in [3.05, 3.63) is 201 Å². The molecule has 0 fully saturated rings. The van der Waals surface area contributed by atoms with Gasteiger partial charge in [-0.25, -0.2) is 0 Å². The van der Waals surface area contributed by atoms with E-state index in [9.17, 15) is 0 Å². The molecule has 0 atom stereocenters. The van der Waals surface area contributed by atoms with Gasteiger partial charge in [-0.3, -0.25) is 0 Å². The van der Waals surface area contributed by atoms with Crippen LogP contribution in [0.4, 0.5) is 0 Å². The summed E-state index contributed by atoms with van der Waals surface area (Å²) < 4.78 is 0. The summed E-state index contributed by atoms with van der Waals surface area (Å²) in [7, 11) is 0. The largest absolute Gasteiger partial charge is 0.0837 e. The third kappa shape index (κ3) is 8.55. The van der Waals surface area contributed by atoms with Crippen LogP contribution in [0.3, 0.4) is 0 Å². The minimum absolute atomic E-state index is 0.0741. The molecule has 274 valence electrons. The highest BCUT2D eigenvalue weighted by Gasteiger charge is 2.21. The first kappa shape index (κ1) is 38.5. The van der Waals surface area contributed by atoms with Crippen molar-refractivity contribution in [3.63, 3.8) is 0 Å². The number of rotatable bonds is 4. The molecule has 0 heterocycles. The third-order valence-electron chi connectivity index (χ3n) is 10.1. The zero-order valence-corrected chi connectivity index (χ0v) is 34.3. The lowest BCUT2D eigenvalue weighted by Crippen LogP contribution is -2.10. The first-order chi connectivity index (χ1) is 26.9. The van der Waals surface area contributed by atoms with Gasteiger partial charge in [-0.1, -0.05) is 185 Å². The molecule has 0 amide bonds. The molecular formula is C54H44Cl2. The fraction of sp³-hybridized carbons (Fsp3) is 0.148. The van der Waals surface area contributed by atoms with E-state index in [0.29, 0.717) is 10.0 Å². The Morgan fingerprint density at radius 1 is 0.321 bits per heavy atom. The lowest BCUT2D eigenvalue weighted by Gasteiger charge is -2.20. The maximum Gasteiger partial charge on any atom is 0.0484 e. The molecule has 2 heteroatoms. The van der Waals surface area contributed by atoms with E-state index in [2.05, 4.69) is 174 Å². The van der Waals surface area contributed by atoms with Gasteiger partial charge in [0, 0.05) is 43.4 Å². The molecule has 0 saturated carbocycles. The standard InChI is InChI=1S/C54H44Cl2/c1-53(2,3)41-31-25-37(26-32-41)23-29-39-15-7-9-17-43(39)47-35-50(46-20-12-14-22-52(46)56)48(36-49(47)45-19-11-13-21-51(45)55)44-18-10-8-16-40(44)30-24-38-27-33-42(34-28-38)54(4,5)6/h7-22,25-28,31-36H,1-6H3. The molecule has 0 radical (unpaired) electrons. The Morgan fingerprint density at radius 3 is 0.964 bits per heavy atom. The molecular weight excluding hydrogens is 719 g/mol. The van der Waals surface area contributed by atoms with Crippen LogP contribution in [0.1, 0.15) is 74.9 Å². The second-order valence-electron chi connectivity index (χ2n) is 16.1. The zero-order valence-electron chi connectivity index (χ0n) is 32.8. The van der Waals surface area contributed by atoms with Gasteiger partial charge in [-0.2, -0.15) is 0 Å². The molecule has 7 aromatic carbocycles. The van der Waals surface area contributed by atoms with E-state index in [1.807, 2.05) is 48.5 Å². The molecule has 0 nitrogen and oxygen atoms in total. The number of hydrogen-bond donors (Lipinski definition) is 0. The monoisotopic (exact) mass is 762 g/mol. The summed E-state index contributed by atoms with van der Waals surface area (Å²) in [5, 5.41) is 1.33. The number of benzene rings is 7. The highest BCUT2D eigenvalue weighted by Crippen LogP contribution is 2.46. The van der Waals surface area contributed by atoms with E-state index in [4.69, 9.17) is 23.2 Å². The number of halogens is 2. The number of hydrogen-bond acceptors (Lipinski definition) is 0. The normalized spacial score (nSPS) is 11.3. The predicted molar refractivity (Wildman–Crippen MR) is 240 cm³/mol. The molecule has 0 aromatic heterocycles. The van der Waals surface area contributed by atoms with E-state index >= 15 is 0 Å². The van der Waals surface area contributed by atoms with Gasteiger partial charge in [0.25, 0.3) is 0 Å². The third-order valence-corrected chi connectivity index (χ3v) is 10.8. The van der Waals surface area contributed by atoms with Gasteiger partial charge in [0.1, 0.15) is 0 Å².